The van der Waals surface area contributed by atoms with Gasteiger partial charge in [-0.3, -0.25) is 24.4 Å². The summed E-state index contributed by atoms with van der Waals surface area (Å²) in [6.07, 6.45) is 1.42. The maximum atomic E-state index is 12.2. The number of aromatic nitrogens is 2. The van der Waals surface area contributed by atoms with E-state index in [1.54, 1.807) is 36.1 Å². The number of hydrogen-bond donors (Lipinski definition) is 1. The minimum absolute atomic E-state index is 0.0718. The van der Waals surface area contributed by atoms with Crippen LogP contribution in [0.5, 0.6) is 0 Å². The first kappa shape index (κ1) is 17.6. The summed E-state index contributed by atoms with van der Waals surface area (Å²) >= 11 is 0. The van der Waals surface area contributed by atoms with E-state index in [9.17, 15) is 19.7 Å². The number of anilines is 2. The lowest BCUT2D eigenvalue weighted by molar-refractivity contribution is -0.386. The van der Waals surface area contributed by atoms with Gasteiger partial charge in [0.05, 0.1) is 4.92 Å². The van der Waals surface area contributed by atoms with Crippen molar-refractivity contribution in [2.75, 3.05) is 16.8 Å². The van der Waals surface area contributed by atoms with Crippen molar-refractivity contribution < 1.29 is 14.5 Å². The Hall–Kier alpha value is -3.23. The van der Waals surface area contributed by atoms with Crippen molar-refractivity contribution in [3.05, 3.63) is 45.8 Å². The van der Waals surface area contributed by atoms with E-state index in [4.69, 9.17) is 0 Å². The zero-order chi connectivity index (χ0) is 18.8. The third-order valence-corrected chi connectivity index (χ3v) is 4.36. The highest BCUT2D eigenvalue weighted by atomic mass is 16.6. The fourth-order valence-corrected chi connectivity index (χ4v) is 3.09. The van der Waals surface area contributed by atoms with Gasteiger partial charge in [-0.25, -0.2) is 0 Å². The van der Waals surface area contributed by atoms with Crippen LogP contribution in [0.15, 0.2) is 24.3 Å². The van der Waals surface area contributed by atoms with E-state index < -0.39 is 4.92 Å². The Morgan fingerprint density at radius 3 is 2.54 bits per heavy atom. The summed E-state index contributed by atoms with van der Waals surface area (Å²) in [4.78, 5) is 36.2. The summed E-state index contributed by atoms with van der Waals surface area (Å²) < 4.78 is 1.32. The van der Waals surface area contributed by atoms with Crippen molar-refractivity contribution in [1.29, 1.82) is 0 Å². The fourth-order valence-electron chi connectivity index (χ4n) is 3.09. The van der Waals surface area contributed by atoms with Crippen LogP contribution in [0.1, 0.15) is 24.2 Å². The Labute approximate surface area is 149 Å². The maximum Gasteiger partial charge on any atom is 0.312 e. The van der Waals surface area contributed by atoms with Gasteiger partial charge < -0.3 is 10.2 Å². The van der Waals surface area contributed by atoms with Crippen molar-refractivity contribution >= 4 is 28.9 Å². The summed E-state index contributed by atoms with van der Waals surface area (Å²) in [5.74, 6) is -0.233. The Kier molecular flexibility index (Phi) is 4.70. The van der Waals surface area contributed by atoms with Crippen molar-refractivity contribution in [2.45, 2.75) is 33.2 Å². The predicted octanol–water partition coefficient (Wildman–Crippen LogP) is 2.17. The van der Waals surface area contributed by atoms with Gasteiger partial charge in [-0.15, -0.1) is 0 Å². The van der Waals surface area contributed by atoms with Crippen LogP contribution in [0.3, 0.4) is 0 Å². The molecule has 0 unspecified atom stereocenters. The molecular formula is C17H19N5O4. The smallest absolute Gasteiger partial charge is 0.312 e. The normalized spacial score (nSPS) is 13.9. The molecule has 1 fully saturated rings. The van der Waals surface area contributed by atoms with Gasteiger partial charge in [0.1, 0.15) is 17.9 Å². The van der Waals surface area contributed by atoms with Crippen LogP contribution in [0.2, 0.25) is 0 Å². The lowest BCUT2D eigenvalue weighted by Gasteiger charge is -2.16. The molecular weight excluding hydrogens is 338 g/mol. The average molecular weight is 357 g/mol. The Bertz CT molecular complexity index is 872. The predicted molar refractivity (Wildman–Crippen MR) is 95.0 cm³/mol. The van der Waals surface area contributed by atoms with Crippen LogP contribution in [-0.2, 0) is 16.1 Å². The highest BCUT2D eigenvalue weighted by molar-refractivity contribution is 5.96. The second kappa shape index (κ2) is 6.95. The van der Waals surface area contributed by atoms with Crippen LogP contribution in [0.25, 0.3) is 0 Å². The Balaban J connectivity index is 1.66. The Morgan fingerprint density at radius 1 is 1.31 bits per heavy atom. The van der Waals surface area contributed by atoms with Gasteiger partial charge >= 0.3 is 5.69 Å². The molecule has 1 N–H and O–H groups in total. The van der Waals surface area contributed by atoms with Crippen LogP contribution in [0.4, 0.5) is 17.1 Å². The zero-order valence-corrected chi connectivity index (χ0v) is 14.6. The maximum absolute atomic E-state index is 12.2. The number of aryl methyl sites for hydroxylation is 1. The first-order valence-corrected chi connectivity index (χ1v) is 8.25. The van der Waals surface area contributed by atoms with Crippen LogP contribution in [-0.4, -0.2) is 33.1 Å². The summed E-state index contributed by atoms with van der Waals surface area (Å²) in [5, 5.41) is 17.8. The number of nitrogens with zero attached hydrogens (tertiary/aromatic N) is 4. The van der Waals surface area contributed by atoms with Crippen molar-refractivity contribution in [3.8, 4) is 0 Å². The van der Waals surface area contributed by atoms with Crippen molar-refractivity contribution in [1.82, 2.24) is 9.78 Å². The van der Waals surface area contributed by atoms with E-state index in [0.717, 1.165) is 12.1 Å². The molecule has 2 aromatic rings. The minimum Gasteiger partial charge on any atom is -0.324 e. The zero-order valence-electron chi connectivity index (χ0n) is 14.6. The Morgan fingerprint density at radius 2 is 2.00 bits per heavy atom. The van der Waals surface area contributed by atoms with Crippen LogP contribution < -0.4 is 10.2 Å². The van der Waals surface area contributed by atoms with E-state index >= 15 is 0 Å². The molecule has 26 heavy (non-hydrogen) atoms. The van der Waals surface area contributed by atoms with E-state index in [2.05, 4.69) is 10.4 Å². The number of carbonyl (C=O) groups excluding carboxylic acids is 2. The molecule has 9 heteroatoms. The molecule has 1 aromatic carbocycles. The summed E-state index contributed by atoms with van der Waals surface area (Å²) in [7, 11) is 0. The second-order valence-corrected chi connectivity index (χ2v) is 6.18. The van der Waals surface area contributed by atoms with Crippen molar-refractivity contribution in [3.63, 3.8) is 0 Å². The number of hydrogen-bond acceptors (Lipinski definition) is 5. The van der Waals surface area contributed by atoms with Gasteiger partial charge in [0.15, 0.2) is 0 Å². The lowest BCUT2D eigenvalue weighted by Crippen LogP contribution is -2.23. The molecule has 0 spiro atoms. The molecule has 0 atom stereocenters. The molecule has 9 nitrogen and oxygen atoms in total. The molecule has 1 aliphatic rings. The summed E-state index contributed by atoms with van der Waals surface area (Å²) in [6.45, 7) is 3.69. The van der Waals surface area contributed by atoms with Gasteiger partial charge in [-0.05, 0) is 44.5 Å². The molecule has 2 heterocycles. The monoisotopic (exact) mass is 357 g/mol. The van der Waals surface area contributed by atoms with Crippen LogP contribution in [0, 0.1) is 24.0 Å². The molecule has 1 aromatic heterocycles. The summed E-state index contributed by atoms with van der Waals surface area (Å²) in [5.41, 5.74) is 1.93. The number of amides is 2. The molecule has 0 radical (unpaired) electrons. The van der Waals surface area contributed by atoms with Gasteiger partial charge in [0, 0.05) is 24.3 Å². The van der Waals surface area contributed by atoms with E-state index in [1.165, 1.54) is 11.6 Å². The van der Waals surface area contributed by atoms with Gasteiger partial charge in [0.25, 0.3) is 0 Å². The number of benzene rings is 1. The number of rotatable bonds is 5. The lowest BCUT2D eigenvalue weighted by atomic mass is 10.2. The molecule has 0 aliphatic carbocycles. The first-order valence-electron chi connectivity index (χ1n) is 8.25. The third-order valence-electron chi connectivity index (χ3n) is 4.36. The highest BCUT2D eigenvalue weighted by Gasteiger charge is 2.23. The highest BCUT2D eigenvalue weighted by Crippen LogP contribution is 2.24. The van der Waals surface area contributed by atoms with Crippen LogP contribution >= 0.6 is 0 Å². The molecule has 136 valence electrons. The van der Waals surface area contributed by atoms with E-state index in [-0.39, 0.29) is 29.7 Å². The molecule has 2 amide bonds. The SMILES string of the molecule is Cc1nn(CC(=O)Nc2ccc(N3CCCC3=O)cc2)c(C)c1[N+](=O)[O-]. The summed E-state index contributed by atoms with van der Waals surface area (Å²) in [6, 6.07) is 7.02. The number of nitro groups is 1. The van der Waals surface area contributed by atoms with E-state index in [1.807, 2.05) is 0 Å². The molecule has 1 aliphatic heterocycles. The van der Waals surface area contributed by atoms with Crippen molar-refractivity contribution in [2.24, 2.45) is 0 Å². The minimum atomic E-state index is -0.496. The molecule has 0 bridgehead atoms. The van der Waals surface area contributed by atoms with Gasteiger partial charge in [-0.1, -0.05) is 0 Å². The number of nitrogens with one attached hydrogen (secondary N) is 1. The first-order chi connectivity index (χ1) is 12.4. The molecule has 0 saturated carbocycles. The second-order valence-electron chi connectivity index (χ2n) is 6.18. The van der Waals surface area contributed by atoms with E-state index in [0.29, 0.717) is 24.3 Å². The molecule has 1 saturated heterocycles. The average Bonchev–Trinajstić information content (AvgIpc) is 3.11. The topological polar surface area (TPSA) is 110 Å². The number of carbonyl (C=O) groups is 2. The standard InChI is InChI=1S/C17H19N5O4/c1-11-17(22(25)26)12(2)21(19-11)10-15(23)18-13-5-7-14(8-6-13)20-9-3-4-16(20)24/h5-8H,3-4,9-10H2,1-2H3,(H,18,23). The van der Waals surface area contributed by atoms with Gasteiger partial charge in [0.2, 0.25) is 11.8 Å². The largest absolute Gasteiger partial charge is 0.324 e. The quantitative estimate of drug-likeness (QED) is 0.651. The molecule has 3 rings (SSSR count). The van der Waals surface area contributed by atoms with Gasteiger partial charge in [-0.2, -0.15) is 5.10 Å². The fraction of sp³-hybridized carbons (Fsp3) is 0.353. The third kappa shape index (κ3) is 3.41.